The lowest BCUT2D eigenvalue weighted by molar-refractivity contribution is 0.105. The summed E-state index contributed by atoms with van der Waals surface area (Å²) in [6.07, 6.45) is 3.71. The van der Waals surface area contributed by atoms with Crippen LogP contribution in [-0.4, -0.2) is 27.0 Å². The van der Waals surface area contributed by atoms with E-state index in [9.17, 15) is 4.79 Å². The molecule has 4 nitrogen and oxygen atoms in total. The van der Waals surface area contributed by atoms with Gasteiger partial charge in [-0.2, -0.15) is 4.66 Å². The zero-order valence-corrected chi connectivity index (χ0v) is 13.5. The Hall–Kier alpha value is -0.483. The van der Waals surface area contributed by atoms with Crippen LogP contribution in [0.3, 0.4) is 0 Å². The molecule has 0 aliphatic carbocycles. The smallest absolute Gasteiger partial charge is 0.374 e. The van der Waals surface area contributed by atoms with Gasteiger partial charge in [0.1, 0.15) is 0 Å². The highest BCUT2D eigenvalue weighted by Crippen LogP contribution is 2.23. The Balaban J connectivity index is 4.76. The maximum absolute atomic E-state index is 10.7. The number of hydrogen-bond donors (Lipinski definition) is 0. The lowest BCUT2D eigenvalue weighted by Gasteiger charge is -2.29. The molecular formula is C13H27NO3Si. The number of rotatable bonds is 9. The number of carbonyl (C=O) groups excluding carboxylic acids is 1. The number of hydrogen-bond acceptors (Lipinski definition) is 4. The molecule has 106 valence electrons. The molecule has 0 N–H and O–H groups in total. The van der Waals surface area contributed by atoms with Crippen LogP contribution in [0.1, 0.15) is 54.4 Å². The Morgan fingerprint density at radius 2 is 1.56 bits per heavy atom. The summed E-state index contributed by atoms with van der Waals surface area (Å²) in [6.45, 7) is 12.1. The predicted octanol–water partition coefficient (Wildman–Crippen LogP) is 3.55. The molecule has 0 unspecified atom stereocenters. The van der Waals surface area contributed by atoms with E-state index in [1.807, 2.05) is 27.7 Å². The highest BCUT2D eigenvalue weighted by Gasteiger charge is 2.41. The summed E-state index contributed by atoms with van der Waals surface area (Å²) in [5.74, 6) is 0.634. The Morgan fingerprint density at radius 3 is 1.89 bits per heavy atom. The van der Waals surface area contributed by atoms with Gasteiger partial charge in [-0.05, 0) is 40.0 Å². The normalized spacial score (nSPS) is 12.3. The molecule has 0 amide bonds. The first-order valence-electron chi connectivity index (χ1n) is 6.76. The van der Waals surface area contributed by atoms with Crippen LogP contribution in [0.25, 0.3) is 0 Å². The molecule has 0 spiro atoms. The summed E-state index contributed by atoms with van der Waals surface area (Å²) in [5.41, 5.74) is 0. The largest absolute Gasteiger partial charge is 0.489 e. The zero-order valence-electron chi connectivity index (χ0n) is 12.5. The van der Waals surface area contributed by atoms with Crippen molar-refractivity contribution in [2.45, 2.75) is 72.6 Å². The van der Waals surface area contributed by atoms with Gasteiger partial charge >= 0.3 is 8.72 Å². The van der Waals surface area contributed by atoms with Crippen molar-refractivity contribution >= 4 is 14.8 Å². The van der Waals surface area contributed by atoms with E-state index in [0.29, 0.717) is 5.92 Å². The van der Waals surface area contributed by atoms with Gasteiger partial charge in [0.15, 0.2) is 0 Å². The monoisotopic (exact) mass is 273 g/mol. The van der Waals surface area contributed by atoms with E-state index < -0.39 is 8.72 Å². The second-order valence-corrected chi connectivity index (χ2v) is 8.16. The maximum Gasteiger partial charge on any atom is 0.489 e. The van der Waals surface area contributed by atoms with E-state index in [0.717, 1.165) is 18.9 Å². The van der Waals surface area contributed by atoms with Crippen LogP contribution in [0.15, 0.2) is 4.66 Å². The molecule has 0 aliphatic rings. The highest BCUT2D eigenvalue weighted by atomic mass is 28.4. The first kappa shape index (κ1) is 17.5. The Bertz CT molecular complexity index is 263. The van der Waals surface area contributed by atoms with E-state index >= 15 is 0 Å². The average Bonchev–Trinajstić information content (AvgIpc) is 2.14. The van der Waals surface area contributed by atoms with Gasteiger partial charge in [-0.1, -0.05) is 20.3 Å². The van der Waals surface area contributed by atoms with Crippen LogP contribution >= 0.6 is 0 Å². The molecular weight excluding hydrogens is 246 g/mol. The summed E-state index contributed by atoms with van der Waals surface area (Å²) in [6, 6.07) is 0.719. The highest BCUT2D eigenvalue weighted by molar-refractivity contribution is 6.66. The third-order valence-electron chi connectivity index (χ3n) is 2.33. The zero-order chi connectivity index (χ0) is 14.2. The van der Waals surface area contributed by atoms with Crippen molar-refractivity contribution in [2.24, 2.45) is 10.6 Å². The van der Waals surface area contributed by atoms with Gasteiger partial charge in [-0.15, -0.1) is 0 Å². The third kappa shape index (κ3) is 7.77. The third-order valence-corrected chi connectivity index (χ3v) is 5.43. The molecule has 0 aromatic rings. The molecule has 0 aliphatic heterocycles. The minimum Gasteiger partial charge on any atom is -0.374 e. The van der Waals surface area contributed by atoms with Crippen LogP contribution < -0.4 is 0 Å². The second kappa shape index (κ2) is 8.59. The Labute approximate surface area is 112 Å². The van der Waals surface area contributed by atoms with E-state index in [1.165, 1.54) is 0 Å². The molecule has 0 radical (unpaired) electrons. The Morgan fingerprint density at radius 1 is 1.06 bits per heavy atom. The van der Waals surface area contributed by atoms with Gasteiger partial charge in [0.2, 0.25) is 6.08 Å². The summed E-state index contributed by atoms with van der Waals surface area (Å²) in [7, 11) is -2.79. The van der Waals surface area contributed by atoms with Crippen LogP contribution in [0.4, 0.5) is 0 Å². The van der Waals surface area contributed by atoms with Crippen molar-refractivity contribution in [3.63, 3.8) is 0 Å². The lowest BCUT2D eigenvalue weighted by atomic mass is 10.1. The standard InChI is InChI=1S/C13H27NO3Si/c1-11(2)8-7-9-18(14-10-15,16-12(3)4)17-13(5)6/h11-13H,7-9H2,1-6H3. The SMILES string of the molecule is CC(C)CCC[Si](N=C=O)(OC(C)C)OC(C)C. The van der Waals surface area contributed by atoms with Crippen LogP contribution in [-0.2, 0) is 13.6 Å². The molecule has 18 heavy (non-hydrogen) atoms. The summed E-state index contributed by atoms with van der Waals surface area (Å²) in [4.78, 5) is 10.7. The average molecular weight is 273 g/mol. The molecule has 0 rings (SSSR count). The molecule has 0 aromatic carbocycles. The van der Waals surface area contributed by atoms with Gasteiger partial charge in [0, 0.05) is 18.3 Å². The van der Waals surface area contributed by atoms with E-state index in [4.69, 9.17) is 8.85 Å². The predicted molar refractivity (Wildman–Crippen MR) is 75.2 cm³/mol. The fourth-order valence-electron chi connectivity index (χ4n) is 1.79. The van der Waals surface area contributed by atoms with E-state index in [2.05, 4.69) is 18.5 Å². The van der Waals surface area contributed by atoms with Crippen LogP contribution in [0, 0.1) is 5.92 Å². The van der Waals surface area contributed by atoms with Crippen LogP contribution in [0.5, 0.6) is 0 Å². The lowest BCUT2D eigenvalue weighted by Crippen LogP contribution is -2.44. The minimum atomic E-state index is -2.79. The molecule has 5 heteroatoms. The quantitative estimate of drug-likeness (QED) is 0.367. The van der Waals surface area contributed by atoms with Crippen molar-refractivity contribution in [3.8, 4) is 0 Å². The first-order chi connectivity index (χ1) is 8.31. The fraction of sp³-hybridized carbons (Fsp3) is 0.923. The number of nitrogens with zero attached hydrogens (tertiary/aromatic N) is 1. The van der Waals surface area contributed by atoms with Crippen molar-refractivity contribution in [2.75, 3.05) is 0 Å². The van der Waals surface area contributed by atoms with Gasteiger partial charge in [-0.3, -0.25) is 0 Å². The second-order valence-electron chi connectivity index (χ2n) is 5.54. The maximum atomic E-state index is 10.7. The molecule has 0 saturated heterocycles. The molecule has 0 atom stereocenters. The van der Waals surface area contributed by atoms with Gasteiger partial charge < -0.3 is 8.85 Å². The molecule has 0 heterocycles. The van der Waals surface area contributed by atoms with Crippen molar-refractivity contribution < 1.29 is 13.6 Å². The van der Waals surface area contributed by atoms with Gasteiger partial charge in [0.25, 0.3) is 0 Å². The molecule has 0 saturated carbocycles. The van der Waals surface area contributed by atoms with Crippen LogP contribution in [0.2, 0.25) is 6.04 Å². The van der Waals surface area contributed by atoms with Gasteiger partial charge in [0.05, 0.1) is 0 Å². The van der Waals surface area contributed by atoms with Crippen molar-refractivity contribution in [3.05, 3.63) is 0 Å². The first-order valence-corrected chi connectivity index (χ1v) is 8.73. The topological polar surface area (TPSA) is 47.9 Å². The minimum absolute atomic E-state index is 0.00608. The summed E-state index contributed by atoms with van der Waals surface area (Å²) in [5, 5.41) is 0. The molecule has 0 fully saturated rings. The molecule has 0 bridgehead atoms. The summed E-state index contributed by atoms with van der Waals surface area (Å²) >= 11 is 0. The van der Waals surface area contributed by atoms with E-state index in [1.54, 1.807) is 6.08 Å². The summed E-state index contributed by atoms with van der Waals surface area (Å²) < 4.78 is 15.6. The fourth-order valence-corrected chi connectivity index (χ4v) is 4.57. The molecule has 0 aromatic heterocycles. The van der Waals surface area contributed by atoms with Crippen molar-refractivity contribution in [1.82, 2.24) is 0 Å². The van der Waals surface area contributed by atoms with Gasteiger partial charge in [-0.25, -0.2) is 4.79 Å². The number of isocyanates is 1. The van der Waals surface area contributed by atoms with E-state index in [-0.39, 0.29) is 12.2 Å². The Kier molecular flexibility index (Phi) is 8.36. The van der Waals surface area contributed by atoms with Crippen molar-refractivity contribution in [1.29, 1.82) is 0 Å².